The molecule has 4 nitrogen and oxygen atoms in total. The van der Waals surface area contributed by atoms with Crippen molar-refractivity contribution in [1.29, 1.82) is 0 Å². The van der Waals surface area contributed by atoms with Crippen LogP contribution in [0.5, 0.6) is 0 Å². The fraction of sp³-hybridized carbons (Fsp3) is 0.909. The van der Waals surface area contributed by atoms with Crippen LogP contribution in [0.2, 0.25) is 0 Å². The number of hydrogen-bond donors (Lipinski definition) is 1. The molecule has 1 N–H and O–H groups in total. The van der Waals surface area contributed by atoms with Crippen LogP contribution in [0.15, 0.2) is 0 Å². The number of carbonyl (C=O) groups excluding carboxylic acids is 1. The van der Waals surface area contributed by atoms with E-state index in [-0.39, 0.29) is 18.2 Å². The van der Waals surface area contributed by atoms with Gasteiger partial charge in [0.1, 0.15) is 0 Å². The molecule has 0 aliphatic heterocycles. The molecule has 88 valence electrons. The lowest BCUT2D eigenvalue weighted by Crippen LogP contribution is -2.47. The first-order valence-corrected chi connectivity index (χ1v) is 5.54. The number of nitrogens with zero attached hydrogens (tertiary/aromatic N) is 1. The summed E-state index contributed by atoms with van der Waals surface area (Å²) in [5.41, 5.74) is -0.183. The molecule has 0 aromatic carbocycles. The van der Waals surface area contributed by atoms with E-state index in [0.717, 1.165) is 12.8 Å². The normalized spacial score (nSPS) is 16.3. The topological polar surface area (TPSA) is 49.8 Å². The Morgan fingerprint density at radius 2 is 2.07 bits per heavy atom. The molecule has 1 amide bonds. The first-order chi connectivity index (χ1) is 6.96. The zero-order valence-electron chi connectivity index (χ0n) is 9.82. The third-order valence-corrected chi connectivity index (χ3v) is 2.36. The second-order valence-electron chi connectivity index (χ2n) is 4.96. The molecule has 0 radical (unpaired) electrons. The van der Waals surface area contributed by atoms with Gasteiger partial charge in [0.15, 0.2) is 0 Å². The predicted octanol–water partition coefficient (Wildman–Crippen LogP) is 1.77. The Kier molecular flexibility index (Phi) is 3.97. The Morgan fingerprint density at radius 3 is 2.47 bits per heavy atom. The number of aliphatic hydroxyl groups excluding tert-OH is 1. The van der Waals surface area contributed by atoms with Crippen LogP contribution in [-0.4, -0.2) is 40.9 Å². The van der Waals surface area contributed by atoms with Crippen molar-refractivity contribution in [1.82, 2.24) is 4.90 Å². The Morgan fingerprint density at radius 1 is 1.47 bits per heavy atom. The lowest BCUT2D eigenvalue weighted by molar-refractivity contribution is 0.0598. The van der Waals surface area contributed by atoms with Gasteiger partial charge in [0.2, 0.25) is 0 Å². The number of rotatable bonds is 4. The van der Waals surface area contributed by atoms with Gasteiger partial charge in [-0.3, -0.25) is 0 Å². The van der Waals surface area contributed by atoms with Crippen LogP contribution >= 0.6 is 0 Å². The van der Waals surface area contributed by atoms with Crippen molar-refractivity contribution in [2.75, 3.05) is 13.2 Å². The van der Waals surface area contributed by atoms with Gasteiger partial charge < -0.3 is 14.7 Å². The van der Waals surface area contributed by atoms with E-state index < -0.39 is 0 Å². The molecule has 0 heterocycles. The quantitative estimate of drug-likeness (QED) is 0.727. The zero-order chi connectivity index (χ0) is 11.5. The van der Waals surface area contributed by atoms with E-state index in [2.05, 4.69) is 0 Å². The van der Waals surface area contributed by atoms with E-state index in [9.17, 15) is 4.79 Å². The lowest BCUT2D eigenvalue weighted by Gasteiger charge is -2.34. The number of hydrogen-bond acceptors (Lipinski definition) is 3. The fourth-order valence-corrected chi connectivity index (χ4v) is 1.60. The lowest BCUT2D eigenvalue weighted by atomic mass is 10.1. The van der Waals surface area contributed by atoms with Gasteiger partial charge in [0.05, 0.1) is 6.61 Å². The SMILES string of the molecule is CC(C)(C)N(C(=O)OCCCO)C1CC1. The van der Waals surface area contributed by atoms with Gasteiger partial charge >= 0.3 is 6.09 Å². The Balaban J connectivity index is 2.45. The summed E-state index contributed by atoms with van der Waals surface area (Å²) < 4.78 is 5.10. The highest BCUT2D eigenvalue weighted by atomic mass is 16.6. The van der Waals surface area contributed by atoms with Gasteiger partial charge in [-0.05, 0) is 33.6 Å². The maximum Gasteiger partial charge on any atom is 0.410 e. The maximum atomic E-state index is 11.8. The molecule has 1 fully saturated rings. The maximum absolute atomic E-state index is 11.8. The smallest absolute Gasteiger partial charge is 0.410 e. The molecule has 0 atom stereocenters. The predicted molar refractivity (Wildman–Crippen MR) is 57.7 cm³/mol. The summed E-state index contributed by atoms with van der Waals surface area (Å²) in [7, 11) is 0. The van der Waals surface area contributed by atoms with E-state index >= 15 is 0 Å². The molecule has 0 bridgehead atoms. The van der Waals surface area contributed by atoms with Crippen LogP contribution in [0.1, 0.15) is 40.0 Å². The highest BCUT2D eigenvalue weighted by Gasteiger charge is 2.40. The van der Waals surface area contributed by atoms with Crippen molar-refractivity contribution < 1.29 is 14.6 Å². The van der Waals surface area contributed by atoms with Crippen molar-refractivity contribution in [3.63, 3.8) is 0 Å². The van der Waals surface area contributed by atoms with Crippen LogP contribution in [0.25, 0.3) is 0 Å². The summed E-state index contributed by atoms with van der Waals surface area (Å²) in [6.07, 6.45) is 2.41. The highest BCUT2D eigenvalue weighted by molar-refractivity contribution is 5.69. The summed E-state index contributed by atoms with van der Waals surface area (Å²) in [5.74, 6) is 0. The molecular weight excluding hydrogens is 194 g/mol. The molecular formula is C11H21NO3. The first kappa shape index (κ1) is 12.3. The van der Waals surface area contributed by atoms with Crippen LogP contribution in [0.4, 0.5) is 4.79 Å². The monoisotopic (exact) mass is 215 g/mol. The van der Waals surface area contributed by atoms with Crippen molar-refractivity contribution in [3.05, 3.63) is 0 Å². The van der Waals surface area contributed by atoms with Crippen molar-refractivity contribution in [2.24, 2.45) is 0 Å². The van der Waals surface area contributed by atoms with Crippen LogP contribution in [0.3, 0.4) is 0 Å². The van der Waals surface area contributed by atoms with Crippen molar-refractivity contribution in [2.45, 2.75) is 51.6 Å². The minimum atomic E-state index is -0.251. The number of amides is 1. The molecule has 0 saturated heterocycles. The van der Waals surface area contributed by atoms with Gasteiger partial charge in [0, 0.05) is 24.6 Å². The van der Waals surface area contributed by atoms with Crippen molar-refractivity contribution in [3.8, 4) is 0 Å². The standard InChI is InChI=1S/C11H21NO3/c1-11(2,3)12(9-5-6-9)10(14)15-8-4-7-13/h9,13H,4-8H2,1-3H3. The van der Waals surface area contributed by atoms with Gasteiger partial charge in [0.25, 0.3) is 0 Å². The first-order valence-electron chi connectivity index (χ1n) is 5.54. The molecule has 15 heavy (non-hydrogen) atoms. The third-order valence-electron chi connectivity index (χ3n) is 2.36. The summed E-state index contributed by atoms with van der Waals surface area (Å²) in [5, 5.41) is 8.59. The largest absolute Gasteiger partial charge is 0.449 e. The molecule has 1 aliphatic rings. The molecule has 0 aromatic rings. The molecule has 1 aliphatic carbocycles. The molecule has 0 spiro atoms. The Labute approximate surface area is 91.2 Å². The van der Waals surface area contributed by atoms with Gasteiger partial charge in [-0.1, -0.05) is 0 Å². The summed E-state index contributed by atoms with van der Waals surface area (Å²) >= 11 is 0. The number of ether oxygens (including phenoxy) is 1. The van der Waals surface area contributed by atoms with Crippen LogP contribution in [0, 0.1) is 0 Å². The molecule has 4 heteroatoms. The minimum absolute atomic E-state index is 0.0617. The molecule has 0 aromatic heterocycles. The Hall–Kier alpha value is -0.770. The van der Waals surface area contributed by atoms with E-state index in [1.165, 1.54) is 0 Å². The summed E-state index contributed by atoms with van der Waals surface area (Å²) in [6.45, 7) is 6.40. The average molecular weight is 215 g/mol. The van der Waals surface area contributed by atoms with E-state index in [4.69, 9.17) is 9.84 Å². The minimum Gasteiger partial charge on any atom is -0.449 e. The fourth-order valence-electron chi connectivity index (χ4n) is 1.60. The van der Waals surface area contributed by atoms with E-state index in [1.54, 1.807) is 0 Å². The van der Waals surface area contributed by atoms with E-state index in [0.29, 0.717) is 19.1 Å². The molecule has 1 saturated carbocycles. The molecule has 1 rings (SSSR count). The van der Waals surface area contributed by atoms with Crippen LogP contribution < -0.4 is 0 Å². The second kappa shape index (κ2) is 4.84. The summed E-state index contributed by atoms with van der Waals surface area (Å²) in [6, 6.07) is 0.353. The second-order valence-corrected chi connectivity index (χ2v) is 4.96. The highest BCUT2D eigenvalue weighted by Crippen LogP contribution is 2.33. The number of carbonyl (C=O) groups is 1. The van der Waals surface area contributed by atoms with Gasteiger partial charge in [-0.15, -0.1) is 0 Å². The van der Waals surface area contributed by atoms with E-state index in [1.807, 2.05) is 25.7 Å². The number of aliphatic hydroxyl groups is 1. The van der Waals surface area contributed by atoms with Gasteiger partial charge in [-0.25, -0.2) is 4.79 Å². The summed E-state index contributed by atoms with van der Waals surface area (Å²) in [4.78, 5) is 13.6. The zero-order valence-corrected chi connectivity index (χ0v) is 9.82. The van der Waals surface area contributed by atoms with Crippen LogP contribution in [-0.2, 0) is 4.74 Å². The van der Waals surface area contributed by atoms with Gasteiger partial charge in [-0.2, -0.15) is 0 Å². The average Bonchev–Trinajstić information content (AvgIpc) is 2.86. The Bertz CT molecular complexity index is 218. The third kappa shape index (κ3) is 3.70. The molecule has 0 unspecified atom stereocenters. The van der Waals surface area contributed by atoms with Crippen molar-refractivity contribution >= 4 is 6.09 Å².